The summed E-state index contributed by atoms with van der Waals surface area (Å²) < 4.78 is 4.82. The predicted octanol–water partition coefficient (Wildman–Crippen LogP) is 11.9. The van der Waals surface area contributed by atoms with Gasteiger partial charge in [-0.05, 0) is 102 Å². The number of pyridine rings is 2. The minimum absolute atomic E-state index is 1.15. The summed E-state index contributed by atoms with van der Waals surface area (Å²) in [6.07, 6.45) is 7.88. The quantitative estimate of drug-likeness (QED) is 0.177. The number of rotatable bonds is 2. The molecule has 0 radical (unpaired) electrons. The maximum absolute atomic E-state index is 4.63. The highest BCUT2D eigenvalue weighted by Crippen LogP contribution is 2.46. The first-order valence-electron chi connectivity index (χ1n) is 17.1. The van der Waals surface area contributed by atoms with Crippen molar-refractivity contribution < 1.29 is 0 Å². The fourth-order valence-electron chi connectivity index (χ4n) is 8.84. The van der Waals surface area contributed by atoms with Crippen molar-refractivity contribution in [2.45, 2.75) is 0 Å². The molecule has 0 unspecified atom stereocenters. The minimum atomic E-state index is 1.15. The lowest BCUT2D eigenvalue weighted by Gasteiger charge is -2.15. The van der Waals surface area contributed by atoms with Gasteiger partial charge in [0.15, 0.2) is 0 Å². The summed E-state index contributed by atoms with van der Waals surface area (Å²) in [5, 5.41) is 17.3. The van der Waals surface area contributed by atoms with Gasteiger partial charge in [-0.3, -0.25) is 9.97 Å². The highest BCUT2D eigenvalue weighted by Gasteiger charge is 2.22. The second-order valence-corrected chi connectivity index (χ2v) is 13.5. The van der Waals surface area contributed by atoms with Gasteiger partial charge in [0.05, 0.1) is 22.1 Å². The van der Waals surface area contributed by atoms with E-state index >= 15 is 0 Å². The van der Waals surface area contributed by atoms with E-state index in [1.165, 1.54) is 75.7 Å². The molecule has 0 aliphatic rings. The van der Waals surface area contributed by atoms with Crippen molar-refractivity contribution in [3.8, 4) is 11.4 Å². The zero-order chi connectivity index (χ0) is 32.5. The number of nitrogens with zero attached hydrogens (tertiary/aromatic N) is 4. The van der Waals surface area contributed by atoms with E-state index in [1.54, 1.807) is 0 Å². The summed E-state index contributed by atoms with van der Waals surface area (Å²) in [5.74, 6) is 0. The second kappa shape index (κ2) is 9.43. The van der Waals surface area contributed by atoms with Crippen LogP contribution in [0.2, 0.25) is 0 Å². The molecule has 0 bridgehead atoms. The van der Waals surface area contributed by atoms with E-state index in [9.17, 15) is 0 Å². The molecule has 4 heteroatoms. The number of hydrogen-bond acceptors (Lipinski definition) is 2. The first-order valence-corrected chi connectivity index (χ1v) is 17.1. The smallest absolute Gasteiger partial charge is 0.0572 e. The maximum atomic E-state index is 4.63. The van der Waals surface area contributed by atoms with Crippen LogP contribution >= 0.6 is 0 Å². The third-order valence-corrected chi connectivity index (χ3v) is 10.9. The normalized spacial score (nSPS) is 12.4. The van der Waals surface area contributed by atoms with Gasteiger partial charge in [0.25, 0.3) is 0 Å². The summed E-state index contributed by atoms with van der Waals surface area (Å²) >= 11 is 0. The first-order chi connectivity index (χ1) is 24.8. The molecule has 0 saturated carbocycles. The number of aromatic nitrogens is 4. The van der Waals surface area contributed by atoms with Crippen LogP contribution in [0.3, 0.4) is 0 Å². The molecule has 230 valence electrons. The van der Waals surface area contributed by atoms with Crippen molar-refractivity contribution in [2.75, 3.05) is 0 Å². The second-order valence-electron chi connectivity index (χ2n) is 13.5. The molecule has 8 aromatic carbocycles. The van der Waals surface area contributed by atoms with Crippen molar-refractivity contribution in [3.63, 3.8) is 0 Å². The van der Waals surface area contributed by atoms with Crippen molar-refractivity contribution in [3.05, 3.63) is 158 Å². The zero-order valence-electron chi connectivity index (χ0n) is 26.8. The predicted molar refractivity (Wildman–Crippen MR) is 209 cm³/mol. The van der Waals surface area contributed by atoms with Gasteiger partial charge < -0.3 is 9.13 Å². The van der Waals surface area contributed by atoms with Crippen molar-refractivity contribution in [2.24, 2.45) is 0 Å². The van der Waals surface area contributed by atoms with Crippen LogP contribution in [-0.4, -0.2) is 19.1 Å². The van der Waals surface area contributed by atoms with E-state index in [0.717, 1.165) is 33.2 Å². The van der Waals surface area contributed by atoms with Crippen LogP contribution in [0.1, 0.15) is 0 Å². The molecule has 0 aliphatic heterocycles. The molecule has 50 heavy (non-hydrogen) atoms. The average molecular weight is 635 g/mol. The molecule has 12 rings (SSSR count). The van der Waals surface area contributed by atoms with Crippen LogP contribution in [0.15, 0.2) is 158 Å². The van der Waals surface area contributed by atoms with Gasteiger partial charge in [-0.1, -0.05) is 84.9 Å². The van der Waals surface area contributed by atoms with E-state index in [2.05, 4.69) is 153 Å². The third kappa shape index (κ3) is 3.34. The molecule has 0 atom stereocenters. The Bertz CT molecular complexity index is 3160. The van der Waals surface area contributed by atoms with Gasteiger partial charge in [-0.2, -0.15) is 0 Å². The van der Waals surface area contributed by atoms with Crippen LogP contribution < -0.4 is 0 Å². The Labute approximate surface area is 285 Å². The van der Waals surface area contributed by atoms with Crippen LogP contribution in [0.5, 0.6) is 0 Å². The monoisotopic (exact) mass is 634 g/mol. The standard InChI is InChI=1S/C46H26N4/c1-3-7-29-21-33(13-9-27(29)5-1)49-39-17-19-47-25-37(39)45-35-15-12-32-24-42-46(36-16-11-31(23-41(45)49)43(35)44(32)36)38-26-48-20-18-40(38)50(42)34-14-10-28-6-2-4-8-30(28)22-34/h1-26H. The summed E-state index contributed by atoms with van der Waals surface area (Å²) in [4.78, 5) is 9.26. The third-order valence-electron chi connectivity index (χ3n) is 10.9. The Hall–Kier alpha value is -6.78. The molecular formula is C46H26N4. The lowest BCUT2D eigenvalue weighted by molar-refractivity contribution is 1.18. The fourth-order valence-corrected chi connectivity index (χ4v) is 8.84. The van der Waals surface area contributed by atoms with Crippen LogP contribution in [0, 0.1) is 0 Å². The molecule has 0 N–H and O–H groups in total. The Kier molecular flexibility index (Phi) is 4.94. The molecule has 12 aromatic rings. The van der Waals surface area contributed by atoms with Gasteiger partial charge >= 0.3 is 0 Å². The molecule has 0 aliphatic carbocycles. The van der Waals surface area contributed by atoms with Crippen LogP contribution in [0.4, 0.5) is 0 Å². The van der Waals surface area contributed by atoms with E-state index in [0.29, 0.717) is 0 Å². The van der Waals surface area contributed by atoms with Crippen LogP contribution in [0.25, 0.3) is 109 Å². The van der Waals surface area contributed by atoms with E-state index in [-0.39, 0.29) is 0 Å². The minimum Gasteiger partial charge on any atom is -0.309 e. The Morgan fingerprint density at radius 3 is 1.24 bits per heavy atom. The number of hydrogen-bond donors (Lipinski definition) is 0. The van der Waals surface area contributed by atoms with E-state index in [4.69, 9.17) is 0 Å². The van der Waals surface area contributed by atoms with Gasteiger partial charge in [0.1, 0.15) is 0 Å². The van der Waals surface area contributed by atoms with Gasteiger partial charge in [0, 0.05) is 57.7 Å². The van der Waals surface area contributed by atoms with E-state index in [1.807, 2.05) is 24.8 Å². The van der Waals surface area contributed by atoms with Crippen molar-refractivity contribution in [1.29, 1.82) is 0 Å². The van der Waals surface area contributed by atoms with Crippen molar-refractivity contribution in [1.82, 2.24) is 19.1 Å². The molecule has 4 heterocycles. The maximum Gasteiger partial charge on any atom is 0.0572 e. The number of fused-ring (bicyclic) bond motifs is 10. The molecule has 0 spiro atoms. The molecule has 0 amide bonds. The molecule has 4 nitrogen and oxygen atoms in total. The average Bonchev–Trinajstić information content (AvgIpc) is 3.69. The Morgan fingerprint density at radius 2 is 0.760 bits per heavy atom. The Balaban J connectivity index is 1.21. The van der Waals surface area contributed by atoms with Crippen molar-refractivity contribution >= 4 is 97.5 Å². The van der Waals surface area contributed by atoms with Gasteiger partial charge in [-0.25, -0.2) is 0 Å². The summed E-state index contributed by atoms with van der Waals surface area (Å²) in [6, 6.07) is 49.0. The summed E-state index contributed by atoms with van der Waals surface area (Å²) in [5.41, 5.74) is 7.00. The van der Waals surface area contributed by atoms with Crippen LogP contribution in [-0.2, 0) is 0 Å². The van der Waals surface area contributed by atoms with Gasteiger partial charge in [-0.15, -0.1) is 0 Å². The lowest BCUT2D eigenvalue weighted by Crippen LogP contribution is -1.95. The summed E-state index contributed by atoms with van der Waals surface area (Å²) in [6.45, 7) is 0. The Morgan fingerprint density at radius 1 is 0.320 bits per heavy atom. The largest absolute Gasteiger partial charge is 0.309 e. The fraction of sp³-hybridized carbons (Fsp3) is 0. The molecule has 0 fully saturated rings. The lowest BCUT2D eigenvalue weighted by atomic mass is 9.90. The van der Waals surface area contributed by atoms with E-state index < -0.39 is 0 Å². The SMILES string of the molecule is c1ccc2cc(-n3c4ccncc4c4c5ccc6cc7c(c8ccc(cc43)c5c68)c3cnccc3n7-c3ccc4ccccc4c3)ccc2c1. The van der Waals surface area contributed by atoms with Gasteiger partial charge in [0.2, 0.25) is 0 Å². The number of benzene rings is 8. The topological polar surface area (TPSA) is 35.6 Å². The highest BCUT2D eigenvalue weighted by molar-refractivity contribution is 6.37. The molecule has 0 saturated heterocycles. The molecule has 4 aromatic heterocycles. The first kappa shape index (κ1) is 26.2. The molecular weight excluding hydrogens is 609 g/mol. The summed E-state index contributed by atoms with van der Waals surface area (Å²) in [7, 11) is 0. The zero-order valence-corrected chi connectivity index (χ0v) is 26.8. The highest BCUT2D eigenvalue weighted by atomic mass is 15.0.